The average Bonchev–Trinajstić information content (AvgIpc) is 2.89. The van der Waals surface area contributed by atoms with Gasteiger partial charge < -0.3 is 15.5 Å². The van der Waals surface area contributed by atoms with Crippen LogP contribution in [-0.4, -0.2) is 51.7 Å². The highest BCUT2D eigenvalue weighted by atomic mass is 16.2. The van der Waals surface area contributed by atoms with Crippen molar-refractivity contribution in [3.63, 3.8) is 0 Å². The quantitative estimate of drug-likeness (QED) is 0.719. The number of aromatic nitrogens is 4. The summed E-state index contributed by atoms with van der Waals surface area (Å²) in [6.07, 6.45) is 1.69. The Balaban J connectivity index is 2.17. The van der Waals surface area contributed by atoms with Gasteiger partial charge in [-0.2, -0.15) is 15.1 Å². The number of fused-ring (bicyclic) bond motifs is 1. The van der Waals surface area contributed by atoms with E-state index in [1.54, 1.807) is 13.2 Å². The highest BCUT2D eigenvalue weighted by Gasteiger charge is 2.39. The molecule has 0 spiro atoms. The van der Waals surface area contributed by atoms with Crippen molar-refractivity contribution in [2.45, 2.75) is 19.4 Å². The third-order valence-electron chi connectivity index (χ3n) is 3.62. The van der Waals surface area contributed by atoms with Crippen LogP contribution in [0.2, 0.25) is 0 Å². The third kappa shape index (κ3) is 1.75. The summed E-state index contributed by atoms with van der Waals surface area (Å²) in [5.74, 6) is 1.21. The van der Waals surface area contributed by atoms with Crippen LogP contribution < -0.4 is 15.5 Å². The summed E-state index contributed by atoms with van der Waals surface area (Å²) in [6, 6.07) is 0. The summed E-state index contributed by atoms with van der Waals surface area (Å²) in [5.41, 5.74) is -0.0110. The molecule has 0 aliphatic carbocycles. The number of hydrogen-bond acceptors (Lipinski definition) is 6. The lowest BCUT2D eigenvalue weighted by molar-refractivity contribution is -0.126. The number of carbonyl (C=O) groups excluding carboxylic acids is 1. The first-order valence-corrected chi connectivity index (χ1v) is 6.49. The normalized spacial score (nSPS) is 18.1. The van der Waals surface area contributed by atoms with E-state index in [0.717, 1.165) is 5.39 Å². The number of H-pyrrole nitrogens is 1. The van der Waals surface area contributed by atoms with E-state index in [1.165, 1.54) is 0 Å². The summed E-state index contributed by atoms with van der Waals surface area (Å²) in [5, 5.41) is 13.5. The minimum absolute atomic E-state index is 0.00925. The zero-order chi connectivity index (χ0) is 14.3. The van der Waals surface area contributed by atoms with Gasteiger partial charge in [0.1, 0.15) is 11.4 Å². The zero-order valence-electron chi connectivity index (χ0n) is 11.7. The summed E-state index contributed by atoms with van der Waals surface area (Å²) >= 11 is 0. The van der Waals surface area contributed by atoms with Gasteiger partial charge in [0, 0.05) is 20.1 Å². The molecule has 2 aromatic heterocycles. The lowest BCUT2D eigenvalue weighted by Crippen LogP contribution is -2.62. The minimum atomic E-state index is -0.665. The average molecular weight is 275 g/mol. The van der Waals surface area contributed by atoms with E-state index >= 15 is 0 Å². The molecule has 0 bridgehead atoms. The van der Waals surface area contributed by atoms with Gasteiger partial charge in [-0.3, -0.25) is 9.89 Å². The van der Waals surface area contributed by atoms with E-state index in [9.17, 15) is 4.79 Å². The molecule has 2 aromatic rings. The van der Waals surface area contributed by atoms with E-state index in [1.807, 2.05) is 18.7 Å². The van der Waals surface area contributed by atoms with E-state index in [4.69, 9.17) is 0 Å². The molecule has 20 heavy (non-hydrogen) atoms. The fourth-order valence-corrected chi connectivity index (χ4v) is 2.41. The van der Waals surface area contributed by atoms with Crippen molar-refractivity contribution < 1.29 is 4.79 Å². The molecule has 1 aliphatic rings. The second kappa shape index (κ2) is 4.32. The fourth-order valence-electron chi connectivity index (χ4n) is 2.41. The predicted octanol–water partition coefficient (Wildman–Crippen LogP) is 0.109. The van der Waals surface area contributed by atoms with Crippen LogP contribution in [0, 0.1) is 0 Å². The number of nitrogens with one attached hydrogen (secondary N) is 3. The Morgan fingerprint density at radius 3 is 2.95 bits per heavy atom. The molecule has 1 fully saturated rings. The van der Waals surface area contributed by atoms with Crippen LogP contribution in [0.5, 0.6) is 0 Å². The van der Waals surface area contributed by atoms with Gasteiger partial charge in [0.2, 0.25) is 11.9 Å². The molecule has 0 atom stereocenters. The lowest BCUT2D eigenvalue weighted by Gasteiger charge is -2.42. The molecule has 106 valence electrons. The summed E-state index contributed by atoms with van der Waals surface area (Å²) in [4.78, 5) is 22.9. The monoisotopic (exact) mass is 275 g/mol. The molecule has 1 saturated heterocycles. The Labute approximate surface area is 116 Å². The molecular formula is C12H17N7O. The molecule has 8 nitrogen and oxygen atoms in total. The molecule has 1 aliphatic heterocycles. The molecule has 8 heteroatoms. The van der Waals surface area contributed by atoms with E-state index in [2.05, 4.69) is 30.8 Å². The summed E-state index contributed by atoms with van der Waals surface area (Å²) < 4.78 is 0. The number of piperazine rings is 1. The third-order valence-corrected chi connectivity index (χ3v) is 3.62. The molecule has 3 rings (SSSR count). The van der Waals surface area contributed by atoms with E-state index in [0.29, 0.717) is 30.5 Å². The van der Waals surface area contributed by atoms with E-state index in [-0.39, 0.29) is 5.91 Å². The number of rotatable bonds is 2. The van der Waals surface area contributed by atoms with Crippen LogP contribution >= 0.6 is 0 Å². The van der Waals surface area contributed by atoms with Crippen molar-refractivity contribution in [2.24, 2.45) is 0 Å². The van der Waals surface area contributed by atoms with Gasteiger partial charge in [0.25, 0.3) is 0 Å². The molecule has 1 amide bonds. The SMILES string of the molecule is CNc1nc(N2CCNC(=O)C2(C)C)c2cn[nH]c2n1. The highest BCUT2D eigenvalue weighted by Crippen LogP contribution is 2.30. The molecular weight excluding hydrogens is 258 g/mol. The van der Waals surface area contributed by atoms with Gasteiger partial charge >= 0.3 is 0 Å². The van der Waals surface area contributed by atoms with Crippen molar-refractivity contribution in [2.75, 3.05) is 30.4 Å². The Bertz CT molecular complexity index is 663. The second-order valence-electron chi connectivity index (χ2n) is 5.22. The van der Waals surface area contributed by atoms with E-state index < -0.39 is 5.54 Å². The molecule has 0 saturated carbocycles. The molecule has 0 radical (unpaired) electrons. The van der Waals surface area contributed by atoms with Gasteiger partial charge in [-0.25, -0.2) is 0 Å². The molecule has 0 unspecified atom stereocenters. The number of aromatic amines is 1. The smallest absolute Gasteiger partial charge is 0.245 e. The maximum atomic E-state index is 12.1. The minimum Gasteiger partial charge on any atom is -0.357 e. The van der Waals surface area contributed by atoms with Crippen molar-refractivity contribution in [1.82, 2.24) is 25.5 Å². The predicted molar refractivity (Wildman–Crippen MR) is 75.7 cm³/mol. The Morgan fingerprint density at radius 1 is 1.40 bits per heavy atom. The number of hydrogen-bond donors (Lipinski definition) is 3. The lowest BCUT2D eigenvalue weighted by atomic mass is 9.98. The first-order chi connectivity index (χ1) is 9.54. The maximum absolute atomic E-state index is 12.1. The van der Waals surface area contributed by atoms with Crippen molar-refractivity contribution >= 4 is 28.7 Å². The van der Waals surface area contributed by atoms with Crippen molar-refractivity contribution in [1.29, 1.82) is 0 Å². The fraction of sp³-hybridized carbons (Fsp3) is 0.500. The van der Waals surface area contributed by atoms with Gasteiger partial charge in [0.15, 0.2) is 5.65 Å². The topological polar surface area (TPSA) is 98.8 Å². The standard InChI is InChI=1S/C12H17N7O/c1-12(2)10(20)14-4-5-19(12)9-7-6-15-18-8(7)16-11(13-3)17-9/h6H,4-5H2,1-3H3,(H,14,20)(H2,13,15,16,17,18). The number of anilines is 2. The molecule has 3 N–H and O–H groups in total. The largest absolute Gasteiger partial charge is 0.357 e. The van der Waals surface area contributed by atoms with Gasteiger partial charge in [0.05, 0.1) is 11.6 Å². The first kappa shape index (κ1) is 12.6. The Hall–Kier alpha value is -2.38. The number of nitrogens with zero attached hydrogens (tertiary/aromatic N) is 4. The van der Waals surface area contributed by atoms with Crippen molar-refractivity contribution in [3.05, 3.63) is 6.20 Å². The molecule has 0 aromatic carbocycles. The Kier molecular flexibility index (Phi) is 2.73. The van der Waals surface area contributed by atoms with Crippen LogP contribution in [-0.2, 0) is 4.79 Å². The second-order valence-corrected chi connectivity index (χ2v) is 5.22. The van der Waals surface area contributed by atoms with Crippen LogP contribution in [0.15, 0.2) is 6.20 Å². The van der Waals surface area contributed by atoms with Crippen LogP contribution in [0.25, 0.3) is 11.0 Å². The van der Waals surface area contributed by atoms with Crippen LogP contribution in [0.4, 0.5) is 11.8 Å². The maximum Gasteiger partial charge on any atom is 0.245 e. The van der Waals surface area contributed by atoms with Gasteiger partial charge in [-0.1, -0.05) is 0 Å². The number of amides is 1. The van der Waals surface area contributed by atoms with Crippen molar-refractivity contribution in [3.8, 4) is 0 Å². The highest BCUT2D eigenvalue weighted by molar-refractivity contribution is 5.95. The summed E-state index contributed by atoms with van der Waals surface area (Å²) in [6.45, 7) is 5.06. The zero-order valence-corrected chi connectivity index (χ0v) is 11.7. The summed E-state index contributed by atoms with van der Waals surface area (Å²) in [7, 11) is 1.76. The van der Waals surface area contributed by atoms with Crippen LogP contribution in [0.1, 0.15) is 13.8 Å². The number of carbonyl (C=O) groups is 1. The first-order valence-electron chi connectivity index (χ1n) is 6.49. The van der Waals surface area contributed by atoms with Gasteiger partial charge in [-0.15, -0.1) is 0 Å². The molecule has 3 heterocycles. The van der Waals surface area contributed by atoms with Crippen LogP contribution in [0.3, 0.4) is 0 Å². The van der Waals surface area contributed by atoms with Gasteiger partial charge in [-0.05, 0) is 13.8 Å². The Morgan fingerprint density at radius 2 is 2.20 bits per heavy atom.